The summed E-state index contributed by atoms with van der Waals surface area (Å²) in [4.78, 5) is 15.1. The Hall–Kier alpha value is -4.52. The molecule has 37 heavy (non-hydrogen) atoms. The molecule has 2 N–H and O–H groups in total. The van der Waals surface area contributed by atoms with Crippen molar-refractivity contribution in [1.82, 2.24) is 25.1 Å². The number of rotatable bonds is 4. The summed E-state index contributed by atoms with van der Waals surface area (Å²) in [6.45, 7) is 1.88. The number of aromatic amines is 2. The largest absolute Gasteiger partial charge is 0.361 e. The maximum atomic E-state index is 13.5. The molecule has 0 amide bonds. The second-order valence-corrected chi connectivity index (χ2v) is 9.65. The fraction of sp³-hybridized carbons (Fsp3) is 0.167. The van der Waals surface area contributed by atoms with Crippen molar-refractivity contribution in [2.24, 2.45) is 0 Å². The lowest BCUT2D eigenvalue weighted by Crippen LogP contribution is -2.33. The van der Waals surface area contributed by atoms with Crippen LogP contribution in [0.1, 0.15) is 24.3 Å². The Kier molecular flexibility index (Phi) is 5.20. The third-order valence-electron chi connectivity index (χ3n) is 7.55. The van der Waals surface area contributed by atoms with Gasteiger partial charge in [-0.05, 0) is 72.4 Å². The van der Waals surface area contributed by atoms with Crippen LogP contribution in [0.15, 0.2) is 85.5 Å². The number of aromatic nitrogens is 5. The third-order valence-corrected chi connectivity index (χ3v) is 7.55. The van der Waals surface area contributed by atoms with Crippen LogP contribution in [0.3, 0.4) is 0 Å². The minimum Gasteiger partial charge on any atom is -0.361 e. The van der Waals surface area contributed by atoms with Gasteiger partial charge in [0.05, 0.1) is 17.4 Å². The minimum atomic E-state index is -0.259. The molecular formula is C30H25FN6. The Bertz CT molecular complexity index is 1710. The second-order valence-electron chi connectivity index (χ2n) is 9.65. The Morgan fingerprint density at radius 3 is 2.54 bits per heavy atom. The number of anilines is 1. The Morgan fingerprint density at radius 1 is 0.865 bits per heavy atom. The van der Waals surface area contributed by atoms with Gasteiger partial charge in [-0.25, -0.2) is 14.4 Å². The van der Waals surface area contributed by atoms with E-state index in [-0.39, 0.29) is 5.82 Å². The molecule has 7 heteroatoms. The van der Waals surface area contributed by atoms with Gasteiger partial charge in [0.2, 0.25) is 0 Å². The van der Waals surface area contributed by atoms with Crippen molar-refractivity contribution < 1.29 is 4.39 Å². The summed E-state index contributed by atoms with van der Waals surface area (Å²) in [6, 6.07) is 21.2. The zero-order valence-corrected chi connectivity index (χ0v) is 20.2. The van der Waals surface area contributed by atoms with Crippen LogP contribution >= 0.6 is 0 Å². The maximum absolute atomic E-state index is 13.5. The zero-order valence-electron chi connectivity index (χ0n) is 20.2. The van der Waals surface area contributed by atoms with E-state index in [4.69, 9.17) is 4.98 Å². The average molecular weight is 489 g/mol. The lowest BCUT2D eigenvalue weighted by Gasteiger charge is -2.33. The predicted molar refractivity (Wildman–Crippen MR) is 145 cm³/mol. The summed E-state index contributed by atoms with van der Waals surface area (Å²) < 4.78 is 13.5. The molecule has 0 spiro atoms. The van der Waals surface area contributed by atoms with Crippen molar-refractivity contribution in [3.05, 3.63) is 96.8 Å². The van der Waals surface area contributed by atoms with Crippen molar-refractivity contribution in [2.75, 3.05) is 18.0 Å². The van der Waals surface area contributed by atoms with Gasteiger partial charge in [-0.15, -0.1) is 0 Å². The molecule has 7 rings (SSSR count). The van der Waals surface area contributed by atoms with Crippen molar-refractivity contribution >= 4 is 27.6 Å². The molecule has 1 aliphatic rings. The first-order valence-corrected chi connectivity index (χ1v) is 12.6. The van der Waals surface area contributed by atoms with Crippen LogP contribution in [-0.4, -0.2) is 38.2 Å². The van der Waals surface area contributed by atoms with Crippen LogP contribution in [0.25, 0.3) is 44.2 Å². The number of fused-ring (bicyclic) bond motifs is 2. The predicted octanol–water partition coefficient (Wildman–Crippen LogP) is 6.69. The van der Waals surface area contributed by atoms with E-state index < -0.39 is 0 Å². The van der Waals surface area contributed by atoms with Gasteiger partial charge < -0.3 is 9.88 Å². The summed E-state index contributed by atoms with van der Waals surface area (Å²) in [7, 11) is 0. The number of piperidine rings is 1. The molecule has 0 unspecified atom stereocenters. The van der Waals surface area contributed by atoms with Crippen LogP contribution in [0.5, 0.6) is 0 Å². The number of nitrogens with zero attached hydrogens (tertiary/aromatic N) is 4. The van der Waals surface area contributed by atoms with Crippen molar-refractivity contribution in [3.63, 3.8) is 0 Å². The molecule has 1 fully saturated rings. The highest BCUT2D eigenvalue weighted by Gasteiger charge is 2.25. The molecule has 6 nitrogen and oxygen atoms in total. The van der Waals surface area contributed by atoms with E-state index >= 15 is 0 Å². The van der Waals surface area contributed by atoms with E-state index in [1.54, 1.807) is 18.5 Å². The van der Waals surface area contributed by atoms with Gasteiger partial charge in [0.15, 0.2) is 0 Å². The van der Waals surface area contributed by atoms with Gasteiger partial charge in [-0.2, -0.15) is 5.10 Å². The van der Waals surface area contributed by atoms with E-state index in [9.17, 15) is 4.39 Å². The standard InChI is InChI=1S/C30H25FN6/c31-22-8-5-20(6-9-22)29-26(17-35-36-29)21-7-10-28-24(15-21)30(34-18-33-28)37-13-11-19(12-14-37)25-16-32-27-4-2-1-3-23(25)27/h1-10,15-19,32H,11-14H2,(H,35,36). The molecule has 1 saturated heterocycles. The van der Waals surface area contributed by atoms with Crippen molar-refractivity contribution in [2.45, 2.75) is 18.8 Å². The average Bonchev–Trinajstić information content (AvgIpc) is 3.61. The van der Waals surface area contributed by atoms with Crippen molar-refractivity contribution in [3.8, 4) is 22.4 Å². The number of halogens is 1. The van der Waals surface area contributed by atoms with Gasteiger partial charge in [0.25, 0.3) is 0 Å². The first-order chi connectivity index (χ1) is 18.2. The lowest BCUT2D eigenvalue weighted by molar-refractivity contribution is 0.506. The normalized spacial score (nSPS) is 14.6. The molecule has 182 valence electrons. The number of H-pyrrole nitrogens is 2. The summed E-state index contributed by atoms with van der Waals surface area (Å²) in [5.74, 6) is 1.24. The number of hydrogen-bond donors (Lipinski definition) is 2. The monoisotopic (exact) mass is 488 g/mol. The van der Waals surface area contributed by atoms with Gasteiger partial charge >= 0.3 is 0 Å². The molecule has 0 radical (unpaired) electrons. The molecule has 0 atom stereocenters. The topological polar surface area (TPSA) is 73.5 Å². The zero-order chi connectivity index (χ0) is 24.8. The number of benzene rings is 3. The van der Waals surface area contributed by atoms with Crippen LogP contribution in [-0.2, 0) is 0 Å². The third kappa shape index (κ3) is 3.83. The van der Waals surface area contributed by atoms with E-state index in [1.807, 2.05) is 12.3 Å². The fourth-order valence-electron chi connectivity index (χ4n) is 5.64. The van der Waals surface area contributed by atoms with Crippen LogP contribution < -0.4 is 4.90 Å². The minimum absolute atomic E-state index is 0.259. The van der Waals surface area contributed by atoms with Gasteiger partial charge in [0, 0.05) is 46.7 Å². The molecule has 1 aliphatic heterocycles. The van der Waals surface area contributed by atoms with Crippen LogP contribution in [0, 0.1) is 5.82 Å². The lowest BCUT2D eigenvalue weighted by atomic mass is 9.89. The highest BCUT2D eigenvalue weighted by molar-refractivity contribution is 5.94. The van der Waals surface area contributed by atoms with E-state index in [0.29, 0.717) is 5.92 Å². The summed E-state index contributed by atoms with van der Waals surface area (Å²) in [6.07, 6.45) is 7.80. The molecular weight excluding hydrogens is 463 g/mol. The molecule has 0 aliphatic carbocycles. The van der Waals surface area contributed by atoms with Gasteiger partial charge in [-0.3, -0.25) is 5.10 Å². The maximum Gasteiger partial charge on any atom is 0.139 e. The van der Waals surface area contributed by atoms with E-state index in [1.165, 1.54) is 28.6 Å². The van der Waals surface area contributed by atoms with Gasteiger partial charge in [0.1, 0.15) is 18.0 Å². The van der Waals surface area contributed by atoms with E-state index in [0.717, 1.165) is 65.0 Å². The highest BCUT2D eigenvalue weighted by Crippen LogP contribution is 2.37. The SMILES string of the molecule is Fc1ccc(-c2[nH]ncc2-c2ccc3ncnc(N4CCC(c5c[nH]c6ccccc56)CC4)c3c2)cc1. The second kappa shape index (κ2) is 8.85. The highest BCUT2D eigenvalue weighted by atomic mass is 19.1. The number of nitrogens with one attached hydrogen (secondary N) is 2. The smallest absolute Gasteiger partial charge is 0.139 e. The van der Waals surface area contributed by atoms with Crippen LogP contribution in [0.4, 0.5) is 10.2 Å². The molecule has 4 heterocycles. The fourth-order valence-corrected chi connectivity index (χ4v) is 5.64. The Labute approximate surface area is 213 Å². The number of para-hydroxylation sites is 1. The number of hydrogen-bond acceptors (Lipinski definition) is 4. The molecule has 6 aromatic rings. The Balaban J connectivity index is 1.20. The molecule has 0 bridgehead atoms. The molecule has 0 saturated carbocycles. The van der Waals surface area contributed by atoms with Crippen molar-refractivity contribution in [1.29, 1.82) is 0 Å². The molecule has 3 aromatic carbocycles. The van der Waals surface area contributed by atoms with Gasteiger partial charge in [-0.1, -0.05) is 24.3 Å². The first-order valence-electron chi connectivity index (χ1n) is 12.6. The first kappa shape index (κ1) is 21.7. The summed E-state index contributed by atoms with van der Waals surface area (Å²) >= 11 is 0. The summed E-state index contributed by atoms with van der Waals surface area (Å²) in [5, 5.41) is 9.71. The summed E-state index contributed by atoms with van der Waals surface area (Å²) in [5.41, 5.74) is 7.26. The molecule has 3 aromatic heterocycles. The Morgan fingerprint density at radius 2 is 1.68 bits per heavy atom. The van der Waals surface area contributed by atoms with Crippen LogP contribution in [0.2, 0.25) is 0 Å². The van der Waals surface area contributed by atoms with E-state index in [2.05, 4.69) is 67.7 Å². The quantitative estimate of drug-likeness (QED) is 0.290.